The van der Waals surface area contributed by atoms with E-state index >= 15 is 0 Å². The van der Waals surface area contributed by atoms with Gasteiger partial charge in [0.2, 0.25) is 0 Å². The molecule has 6 nitrogen and oxygen atoms in total. The number of hydrogen-bond donors (Lipinski definition) is 0. The lowest BCUT2D eigenvalue weighted by molar-refractivity contribution is -0.176. The van der Waals surface area contributed by atoms with Gasteiger partial charge in [0, 0.05) is 11.8 Å². The number of fused-ring (bicyclic) bond motifs is 5. The second-order valence-corrected chi connectivity index (χ2v) is 15.0. The van der Waals surface area contributed by atoms with Gasteiger partial charge in [-0.15, -0.1) is 0 Å². The lowest BCUT2D eigenvalue weighted by Gasteiger charge is -2.62. The van der Waals surface area contributed by atoms with Crippen LogP contribution in [0, 0.1) is 46.3 Å². The van der Waals surface area contributed by atoms with Crippen LogP contribution in [0.15, 0.2) is 60.7 Å². The SMILES string of the molecule is COC(=O)CC[C@@H](C)[C@H]1CC[C@H]2[C@@H]3CC[C@@H]4C[C@H](OC(=O)c5ccccc5)CC[C@]4(C)[C@H]3C[C@H](OC(=O)c3ccccc3)[C@]12C. The number of methoxy groups -OCH3 is 1. The predicted octanol–water partition coefficient (Wildman–Crippen LogP) is 8.30. The van der Waals surface area contributed by atoms with Crippen LogP contribution in [0.2, 0.25) is 0 Å². The standard InChI is InChI=1S/C39H50O6/c1-25(15-20-35(40)43-4)31-18-19-32-30-17-16-28-23-29(44-36(41)26-11-7-5-8-12-26)21-22-38(28,2)33(30)24-34(39(31,32)3)45-37(42)27-13-9-6-10-14-27/h5-14,25,28-34H,15-24H2,1-4H3/t25-,28-,29-,30+,31-,32+,33+,34+,38+,39-/m1/s1. The fraction of sp³-hybridized carbons (Fsp3) is 0.615. The molecule has 0 radical (unpaired) electrons. The van der Waals surface area contributed by atoms with Crippen molar-refractivity contribution in [3.05, 3.63) is 71.8 Å². The number of hydrogen-bond acceptors (Lipinski definition) is 6. The average molecular weight is 615 g/mol. The zero-order valence-corrected chi connectivity index (χ0v) is 27.4. The van der Waals surface area contributed by atoms with Gasteiger partial charge in [-0.2, -0.15) is 0 Å². The largest absolute Gasteiger partial charge is 0.469 e. The van der Waals surface area contributed by atoms with E-state index in [9.17, 15) is 14.4 Å². The average Bonchev–Trinajstić information content (AvgIpc) is 3.43. The number of benzene rings is 2. The zero-order chi connectivity index (χ0) is 31.8. The maximum Gasteiger partial charge on any atom is 0.338 e. The number of carbonyl (C=O) groups excluding carboxylic acids is 3. The monoisotopic (exact) mass is 614 g/mol. The van der Waals surface area contributed by atoms with Crippen LogP contribution >= 0.6 is 0 Å². The fourth-order valence-corrected chi connectivity index (χ4v) is 10.6. The Hall–Kier alpha value is -3.15. The molecule has 0 amide bonds. The first-order valence-corrected chi connectivity index (χ1v) is 17.2. The first-order chi connectivity index (χ1) is 21.6. The highest BCUT2D eigenvalue weighted by atomic mass is 16.5. The van der Waals surface area contributed by atoms with E-state index in [1.807, 2.05) is 60.7 Å². The minimum absolute atomic E-state index is 0.0561. The molecule has 2 aromatic carbocycles. The first kappa shape index (κ1) is 31.8. The van der Waals surface area contributed by atoms with Gasteiger partial charge in [0.15, 0.2) is 0 Å². The van der Waals surface area contributed by atoms with Crippen LogP contribution in [-0.2, 0) is 19.0 Å². The summed E-state index contributed by atoms with van der Waals surface area (Å²) in [7, 11) is 1.46. The van der Waals surface area contributed by atoms with Crippen molar-refractivity contribution in [2.24, 2.45) is 46.3 Å². The Balaban J connectivity index is 1.24. The van der Waals surface area contributed by atoms with Crippen molar-refractivity contribution in [2.45, 2.75) is 97.2 Å². The van der Waals surface area contributed by atoms with E-state index < -0.39 is 0 Å². The lowest BCUT2D eigenvalue weighted by atomic mass is 9.43. The molecule has 0 heterocycles. The molecule has 10 atom stereocenters. The molecule has 6 heteroatoms. The minimum atomic E-state index is -0.235. The summed E-state index contributed by atoms with van der Waals surface area (Å²) in [5.74, 6) is 2.08. The molecule has 0 aliphatic heterocycles. The van der Waals surface area contributed by atoms with Crippen molar-refractivity contribution in [1.29, 1.82) is 0 Å². The smallest absolute Gasteiger partial charge is 0.338 e. The summed E-state index contributed by atoms with van der Waals surface area (Å²) in [6.07, 6.45) is 9.21. The Morgan fingerprint density at radius 1 is 0.800 bits per heavy atom. The van der Waals surface area contributed by atoms with E-state index in [2.05, 4.69) is 20.8 Å². The summed E-state index contributed by atoms with van der Waals surface area (Å²) < 4.78 is 17.6. The van der Waals surface area contributed by atoms with Crippen molar-refractivity contribution in [1.82, 2.24) is 0 Å². The Kier molecular flexibility index (Phi) is 9.14. The maximum atomic E-state index is 13.6. The van der Waals surface area contributed by atoms with Crippen LogP contribution in [0.1, 0.15) is 106 Å². The summed E-state index contributed by atoms with van der Waals surface area (Å²) >= 11 is 0. The van der Waals surface area contributed by atoms with Crippen molar-refractivity contribution in [3.63, 3.8) is 0 Å². The summed E-state index contributed by atoms with van der Waals surface area (Å²) in [5.41, 5.74) is 1.18. The van der Waals surface area contributed by atoms with Gasteiger partial charge in [-0.25, -0.2) is 9.59 Å². The van der Waals surface area contributed by atoms with Crippen molar-refractivity contribution >= 4 is 17.9 Å². The Bertz CT molecular complexity index is 1360. The normalized spacial score (nSPS) is 36.0. The van der Waals surface area contributed by atoms with E-state index in [1.165, 1.54) is 13.5 Å². The highest BCUT2D eigenvalue weighted by Gasteiger charge is 2.65. The summed E-state index contributed by atoms with van der Waals surface area (Å²) in [4.78, 5) is 38.6. The summed E-state index contributed by atoms with van der Waals surface area (Å²) in [6, 6.07) is 18.7. The van der Waals surface area contributed by atoms with Crippen LogP contribution < -0.4 is 0 Å². The van der Waals surface area contributed by atoms with Crippen molar-refractivity contribution in [2.75, 3.05) is 7.11 Å². The lowest BCUT2D eigenvalue weighted by Crippen LogP contribution is -2.59. The summed E-state index contributed by atoms with van der Waals surface area (Å²) in [5, 5.41) is 0. The number of rotatable bonds is 8. The molecule has 0 saturated heterocycles. The van der Waals surface area contributed by atoms with Gasteiger partial charge in [0.25, 0.3) is 0 Å². The van der Waals surface area contributed by atoms with E-state index in [1.54, 1.807) is 0 Å². The van der Waals surface area contributed by atoms with Crippen LogP contribution in [0.4, 0.5) is 0 Å². The van der Waals surface area contributed by atoms with Gasteiger partial charge in [-0.1, -0.05) is 57.2 Å². The molecule has 4 fully saturated rings. The molecule has 4 saturated carbocycles. The molecule has 0 spiro atoms. The molecule has 6 rings (SSSR count). The Labute approximate surface area is 268 Å². The van der Waals surface area contributed by atoms with E-state index in [0.29, 0.717) is 53.1 Å². The van der Waals surface area contributed by atoms with Crippen LogP contribution in [0.3, 0.4) is 0 Å². The fourth-order valence-electron chi connectivity index (χ4n) is 10.6. The third kappa shape index (κ3) is 5.94. The minimum Gasteiger partial charge on any atom is -0.469 e. The topological polar surface area (TPSA) is 78.9 Å². The van der Waals surface area contributed by atoms with E-state index in [-0.39, 0.29) is 40.9 Å². The summed E-state index contributed by atoms with van der Waals surface area (Å²) in [6.45, 7) is 7.16. The molecule has 4 aliphatic rings. The molecule has 0 bridgehead atoms. The van der Waals surface area contributed by atoms with Crippen LogP contribution in [-0.4, -0.2) is 37.2 Å². The molecular formula is C39H50O6. The Morgan fingerprint density at radius 3 is 2.09 bits per heavy atom. The third-order valence-corrected chi connectivity index (χ3v) is 13.0. The van der Waals surface area contributed by atoms with Gasteiger partial charge in [-0.05, 0) is 123 Å². The van der Waals surface area contributed by atoms with Crippen molar-refractivity contribution in [3.8, 4) is 0 Å². The zero-order valence-electron chi connectivity index (χ0n) is 27.4. The number of carbonyl (C=O) groups is 3. The highest BCUT2D eigenvalue weighted by molar-refractivity contribution is 5.90. The molecule has 4 aliphatic carbocycles. The van der Waals surface area contributed by atoms with Gasteiger partial charge >= 0.3 is 17.9 Å². The molecule has 2 aromatic rings. The number of ether oxygens (including phenoxy) is 3. The third-order valence-electron chi connectivity index (χ3n) is 13.0. The second kappa shape index (κ2) is 12.9. The second-order valence-electron chi connectivity index (χ2n) is 15.0. The van der Waals surface area contributed by atoms with Crippen LogP contribution in [0.5, 0.6) is 0 Å². The highest BCUT2D eigenvalue weighted by Crippen LogP contribution is 2.69. The Morgan fingerprint density at radius 2 is 1.44 bits per heavy atom. The van der Waals surface area contributed by atoms with Gasteiger partial charge in [0.1, 0.15) is 12.2 Å². The van der Waals surface area contributed by atoms with Gasteiger partial charge < -0.3 is 14.2 Å². The van der Waals surface area contributed by atoms with Crippen LogP contribution in [0.25, 0.3) is 0 Å². The molecule has 0 N–H and O–H groups in total. The molecule has 242 valence electrons. The van der Waals surface area contributed by atoms with Crippen molar-refractivity contribution < 1.29 is 28.6 Å². The quantitative estimate of drug-likeness (QED) is 0.220. The predicted molar refractivity (Wildman–Crippen MR) is 172 cm³/mol. The van der Waals surface area contributed by atoms with Gasteiger partial charge in [0.05, 0.1) is 18.2 Å². The van der Waals surface area contributed by atoms with Gasteiger partial charge in [-0.3, -0.25) is 4.79 Å². The molecular weight excluding hydrogens is 564 g/mol. The van der Waals surface area contributed by atoms with E-state index in [4.69, 9.17) is 14.2 Å². The molecule has 0 aromatic heterocycles. The van der Waals surface area contributed by atoms with E-state index in [0.717, 1.165) is 51.4 Å². The first-order valence-electron chi connectivity index (χ1n) is 17.2. The molecule has 45 heavy (non-hydrogen) atoms. The maximum absolute atomic E-state index is 13.6. The molecule has 0 unspecified atom stereocenters. The number of esters is 3.